The van der Waals surface area contributed by atoms with Gasteiger partial charge in [-0.15, -0.1) is 11.3 Å². The van der Waals surface area contributed by atoms with E-state index in [1.807, 2.05) is 11.3 Å². The van der Waals surface area contributed by atoms with Crippen LogP contribution in [-0.2, 0) is 6.42 Å². The second kappa shape index (κ2) is 2.07. The van der Waals surface area contributed by atoms with E-state index in [9.17, 15) is 0 Å². The SMILES string of the molecule is Cc1cc2c(s1)CCC2N. The summed E-state index contributed by atoms with van der Waals surface area (Å²) in [6.45, 7) is 2.15. The van der Waals surface area contributed by atoms with Gasteiger partial charge in [0.1, 0.15) is 0 Å². The molecule has 1 aliphatic rings. The summed E-state index contributed by atoms with van der Waals surface area (Å²) in [7, 11) is 0. The summed E-state index contributed by atoms with van der Waals surface area (Å²) in [4.78, 5) is 2.92. The molecule has 1 aliphatic carbocycles. The standard InChI is InChI=1S/C8H11NS/c1-5-4-6-7(9)2-3-8(6)10-5/h4,7H,2-3,9H2,1H3. The molecular formula is C8H11NS. The van der Waals surface area contributed by atoms with Crippen LogP contribution in [0.2, 0.25) is 0 Å². The van der Waals surface area contributed by atoms with Gasteiger partial charge in [0.25, 0.3) is 0 Å². The normalized spacial score (nSPS) is 23.2. The minimum Gasteiger partial charge on any atom is -0.324 e. The Bertz CT molecular complexity index is 252. The molecule has 0 aromatic carbocycles. The van der Waals surface area contributed by atoms with Crippen molar-refractivity contribution >= 4 is 11.3 Å². The van der Waals surface area contributed by atoms with Crippen LogP contribution in [0.15, 0.2) is 6.07 Å². The highest BCUT2D eigenvalue weighted by atomic mass is 32.1. The number of fused-ring (bicyclic) bond motifs is 1. The number of nitrogens with two attached hydrogens (primary N) is 1. The van der Waals surface area contributed by atoms with E-state index >= 15 is 0 Å². The van der Waals surface area contributed by atoms with Gasteiger partial charge in [-0.2, -0.15) is 0 Å². The lowest BCUT2D eigenvalue weighted by Crippen LogP contribution is -2.03. The van der Waals surface area contributed by atoms with Crippen LogP contribution in [0.1, 0.15) is 27.8 Å². The number of thiophene rings is 1. The van der Waals surface area contributed by atoms with Gasteiger partial charge in [0.2, 0.25) is 0 Å². The Balaban J connectivity index is 2.49. The Morgan fingerprint density at radius 3 is 3.20 bits per heavy atom. The smallest absolute Gasteiger partial charge is 0.0309 e. The van der Waals surface area contributed by atoms with Crippen LogP contribution in [-0.4, -0.2) is 0 Å². The molecule has 54 valence electrons. The van der Waals surface area contributed by atoms with Crippen molar-refractivity contribution in [1.29, 1.82) is 0 Å². The fraction of sp³-hybridized carbons (Fsp3) is 0.500. The zero-order valence-corrected chi connectivity index (χ0v) is 6.87. The zero-order chi connectivity index (χ0) is 7.14. The van der Waals surface area contributed by atoms with Crippen molar-refractivity contribution < 1.29 is 0 Å². The summed E-state index contributed by atoms with van der Waals surface area (Å²) < 4.78 is 0. The minimum absolute atomic E-state index is 0.333. The van der Waals surface area contributed by atoms with Crippen LogP contribution >= 0.6 is 11.3 Å². The second-order valence-electron chi connectivity index (χ2n) is 2.88. The van der Waals surface area contributed by atoms with Gasteiger partial charge in [-0.25, -0.2) is 0 Å². The lowest BCUT2D eigenvalue weighted by molar-refractivity contribution is 0.713. The van der Waals surface area contributed by atoms with E-state index in [4.69, 9.17) is 5.73 Å². The van der Waals surface area contributed by atoms with Crippen molar-refractivity contribution in [2.75, 3.05) is 0 Å². The number of hydrogen-bond acceptors (Lipinski definition) is 2. The molecule has 0 radical (unpaired) electrons. The molecule has 1 nitrogen and oxygen atoms in total. The average molecular weight is 153 g/mol. The highest BCUT2D eigenvalue weighted by Crippen LogP contribution is 2.35. The van der Waals surface area contributed by atoms with Crippen molar-refractivity contribution in [3.8, 4) is 0 Å². The quantitative estimate of drug-likeness (QED) is 0.606. The monoisotopic (exact) mass is 153 g/mol. The fourth-order valence-corrected chi connectivity index (χ4v) is 2.66. The molecule has 1 heterocycles. The van der Waals surface area contributed by atoms with Crippen LogP contribution < -0.4 is 5.73 Å². The molecular weight excluding hydrogens is 142 g/mol. The van der Waals surface area contributed by atoms with Gasteiger partial charge in [0.05, 0.1) is 0 Å². The predicted molar refractivity (Wildman–Crippen MR) is 44.3 cm³/mol. The fourth-order valence-electron chi connectivity index (χ4n) is 1.53. The van der Waals surface area contributed by atoms with Crippen molar-refractivity contribution in [2.24, 2.45) is 5.73 Å². The molecule has 0 bridgehead atoms. The van der Waals surface area contributed by atoms with Crippen LogP contribution in [0.25, 0.3) is 0 Å². The summed E-state index contributed by atoms with van der Waals surface area (Å²) in [5.74, 6) is 0. The Labute approximate surface area is 64.9 Å². The van der Waals surface area contributed by atoms with E-state index in [2.05, 4.69) is 13.0 Å². The summed E-state index contributed by atoms with van der Waals surface area (Å²) in [5.41, 5.74) is 7.27. The van der Waals surface area contributed by atoms with E-state index in [1.165, 1.54) is 21.7 Å². The summed E-state index contributed by atoms with van der Waals surface area (Å²) in [6.07, 6.45) is 2.36. The van der Waals surface area contributed by atoms with Crippen molar-refractivity contribution in [2.45, 2.75) is 25.8 Å². The highest BCUT2D eigenvalue weighted by molar-refractivity contribution is 7.12. The van der Waals surface area contributed by atoms with E-state index in [1.54, 1.807) is 0 Å². The van der Waals surface area contributed by atoms with Crippen molar-refractivity contribution in [1.82, 2.24) is 0 Å². The van der Waals surface area contributed by atoms with Crippen molar-refractivity contribution in [3.63, 3.8) is 0 Å². The largest absolute Gasteiger partial charge is 0.324 e. The van der Waals surface area contributed by atoms with E-state index < -0.39 is 0 Å². The molecule has 0 aliphatic heterocycles. The lowest BCUT2D eigenvalue weighted by atomic mass is 10.2. The van der Waals surface area contributed by atoms with Gasteiger partial charge < -0.3 is 5.73 Å². The third-order valence-corrected chi connectivity index (χ3v) is 3.17. The third kappa shape index (κ3) is 0.796. The topological polar surface area (TPSA) is 26.0 Å². The Morgan fingerprint density at radius 1 is 1.70 bits per heavy atom. The number of aryl methyl sites for hydroxylation is 2. The molecule has 2 N–H and O–H groups in total. The summed E-state index contributed by atoms with van der Waals surface area (Å²) in [6, 6.07) is 2.57. The molecule has 1 aromatic rings. The first kappa shape index (κ1) is 6.38. The average Bonchev–Trinajstić information content (AvgIpc) is 2.35. The zero-order valence-electron chi connectivity index (χ0n) is 6.05. The predicted octanol–water partition coefficient (Wildman–Crippen LogP) is 2.00. The Kier molecular flexibility index (Phi) is 1.32. The van der Waals surface area contributed by atoms with E-state index in [-0.39, 0.29) is 0 Å². The lowest BCUT2D eigenvalue weighted by Gasteiger charge is -1.97. The Hall–Kier alpha value is -0.340. The first-order valence-electron chi connectivity index (χ1n) is 3.62. The molecule has 0 fully saturated rings. The maximum absolute atomic E-state index is 5.87. The molecule has 0 saturated heterocycles. The van der Waals surface area contributed by atoms with Gasteiger partial charge in [0, 0.05) is 15.8 Å². The molecule has 0 amide bonds. The maximum atomic E-state index is 5.87. The molecule has 1 unspecified atom stereocenters. The van der Waals surface area contributed by atoms with Crippen LogP contribution in [0.3, 0.4) is 0 Å². The van der Waals surface area contributed by atoms with Gasteiger partial charge in [0.15, 0.2) is 0 Å². The molecule has 10 heavy (non-hydrogen) atoms. The van der Waals surface area contributed by atoms with Crippen LogP contribution in [0, 0.1) is 6.92 Å². The van der Waals surface area contributed by atoms with Gasteiger partial charge in [-0.05, 0) is 31.4 Å². The first-order valence-corrected chi connectivity index (χ1v) is 4.44. The number of hydrogen-bond donors (Lipinski definition) is 1. The number of rotatable bonds is 0. The van der Waals surface area contributed by atoms with Gasteiger partial charge >= 0.3 is 0 Å². The minimum atomic E-state index is 0.333. The first-order chi connectivity index (χ1) is 4.77. The molecule has 0 spiro atoms. The summed E-state index contributed by atoms with van der Waals surface area (Å²) >= 11 is 1.90. The van der Waals surface area contributed by atoms with Crippen LogP contribution in [0.4, 0.5) is 0 Å². The molecule has 0 saturated carbocycles. The third-order valence-electron chi connectivity index (χ3n) is 2.05. The van der Waals surface area contributed by atoms with Gasteiger partial charge in [-0.3, -0.25) is 0 Å². The van der Waals surface area contributed by atoms with Crippen LogP contribution in [0.5, 0.6) is 0 Å². The highest BCUT2D eigenvalue weighted by Gasteiger charge is 2.20. The molecule has 1 atom stereocenters. The maximum Gasteiger partial charge on any atom is 0.0309 e. The van der Waals surface area contributed by atoms with Gasteiger partial charge in [-0.1, -0.05) is 0 Å². The van der Waals surface area contributed by atoms with E-state index in [0.717, 1.165) is 6.42 Å². The molecule has 2 rings (SSSR count). The summed E-state index contributed by atoms with van der Waals surface area (Å²) in [5, 5.41) is 0. The second-order valence-corrected chi connectivity index (χ2v) is 4.22. The molecule has 1 aromatic heterocycles. The van der Waals surface area contributed by atoms with E-state index in [0.29, 0.717) is 6.04 Å². The van der Waals surface area contributed by atoms with Crippen molar-refractivity contribution in [3.05, 3.63) is 21.4 Å². The molecule has 2 heteroatoms. The Morgan fingerprint density at radius 2 is 2.50 bits per heavy atom.